The van der Waals surface area contributed by atoms with Crippen molar-refractivity contribution in [2.45, 2.75) is 26.8 Å². The first kappa shape index (κ1) is 26.3. The van der Waals surface area contributed by atoms with Crippen molar-refractivity contribution in [3.63, 3.8) is 0 Å². The van der Waals surface area contributed by atoms with Gasteiger partial charge in [-0.3, -0.25) is 28.9 Å². The van der Waals surface area contributed by atoms with Gasteiger partial charge in [-0.15, -0.1) is 0 Å². The molecule has 0 fully saturated rings. The summed E-state index contributed by atoms with van der Waals surface area (Å²) < 4.78 is 1.50. The van der Waals surface area contributed by atoms with Crippen LogP contribution in [0.5, 0.6) is 0 Å². The Labute approximate surface area is 230 Å². The largest absolute Gasteiger partial charge is 0.345 e. The van der Waals surface area contributed by atoms with Gasteiger partial charge in [-0.05, 0) is 50.2 Å². The van der Waals surface area contributed by atoms with Crippen molar-refractivity contribution in [2.75, 3.05) is 6.54 Å². The van der Waals surface area contributed by atoms with E-state index in [1.165, 1.54) is 11.5 Å². The van der Waals surface area contributed by atoms with Gasteiger partial charge < -0.3 is 10.6 Å². The van der Waals surface area contributed by atoms with Crippen LogP contribution in [-0.4, -0.2) is 37.9 Å². The molecule has 9 nitrogen and oxygen atoms in total. The number of fused-ring (bicyclic) bond motifs is 2. The second-order valence-electron chi connectivity index (χ2n) is 9.21. The predicted molar refractivity (Wildman–Crippen MR) is 153 cm³/mol. The molecular weight excluding hydrogens is 504 g/mol. The molecule has 9 heteroatoms. The summed E-state index contributed by atoms with van der Waals surface area (Å²) in [6, 6.07) is 17.4. The highest BCUT2D eigenvalue weighted by Crippen LogP contribution is 2.22. The molecule has 3 aromatic heterocycles. The Morgan fingerprint density at radius 1 is 1.02 bits per heavy atom. The van der Waals surface area contributed by atoms with E-state index < -0.39 is 6.04 Å². The SMILES string of the molecule is CC(=O)NCC#Cc1cccc2nc([C@H](C)NC(=O)c3c(C)ncc4cccnc34)n(-c3ccccc3)c(=O)c12. The molecule has 2 amide bonds. The topological polar surface area (TPSA) is 119 Å². The minimum Gasteiger partial charge on any atom is -0.345 e. The fourth-order valence-corrected chi connectivity index (χ4v) is 4.51. The lowest BCUT2D eigenvalue weighted by atomic mass is 10.1. The molecular formula is C31H26N6O3. The van der Waals surface area contributed by atoms with Crippen molar-refractivity contribution in [2.24, 2.45) is 0 Å². The van der Waals surface area contributed by atoms with Crippen LogP contribution < -0.4 is 16.2 Å². The molecule has 0 saturated carbocycles. The third-order valence-electron chi connectivity index (χ3n) is 6.38. The second-order valence-corrected chi connectivity index (χ2v) is 9.21. The van der Waals surface area contributed by atoms with Crippen LogP contribution in [0.4, 0.5) is 0 Å². The normalized spacial score (nSPS) is 11.5. The highest BCUT2D eigenvalue weighted by atomic mass is 16.2. The molecule has 2 N–H and O–H groups in total. The highest BCUT2D eigenvalue weighted by Gasteiger charge is 2.23. The van der Waals surface area contributed by atoms with E-state index in [2.05, 4.69) is 32.4 Å². The van der Waals surface area contributed by atoms with E-state index in [0.717, 1.165) is 5.39 Å². The quantitative estimate of drug-likeness (QED) is 0.335. The Bertz CT molecular complexity index is 1890. The molecule has 40 heavy (non-hydrogen) atoms. The zero-order chi connectivity index (χ0) is 28.2. The summed E-state index contributed by atoms with van der Waals surface area (Å²) in [5, 5.41) is 6.73. The molecule has 0 saturated heterocycles. The number of nitrogens with one attached hydrogen (secondary N) is 2. The van der Waals surface area contributed by atoms with Gasteiger partial charge in [-0.25, -0.2) is 4.98 Å². The van der Waals surface area contributed by atoms with E-state index in [1.54, 1.807) is 62.6 Å². The lowest BCUT2D eigenvalue weighted by Crippen LogP contribution is -2.34. The average molecular weight is 531 g/mol. The third kappa shape index (κ3) is 5.15. The number of hydrogen-bond donors (Lipinski definition) is 2. The predicted octanol–water partition coefficient (Wildman–Crippen LogP) is 3.62. The van der Waals surface area contributed by atoms with Gasteiger partial charge in [0.2, 0.25) is 5.91 Å². The minimum atomic E-state index is -0.655. The number of aromatic nitrogens is 4. The molecule has 2 aromatic carbocycles. The zero-order valence-corrected chi connectivity index (χ0v) is 22.2. The summed E-state index contributed by atoms with van der Waals surface area (Å²) >= 11 is 0. The first-order valence-corrected chi connectivity index (χ1v) is 12.7. The number of carbonyl (C=O) groups is 2. The van der Waals surface area contributed by atoms with Gasteiger partial charge in [0, 0.05) is 30.3 Å². The number of rotatable bonds is 5. The molecule has 1 atom stereocenters. The van der Waals surface area contributed by atoms with E-state index in [1.807, 2.05) is 24.3 Å². The fraction of sp³-hybridized carbons (Fsp3) is 0.161. The Kier molecular flexibility index (Phi) is 7.33. The number of para-hydroxylation sites is 1. The van der Waals surface area contributed by atoms with Gasteiger partial charge in [0.05, 0.1) is 46.0 Å². The van der Waals surface area contributed by atoms with Crippen LogP contribution in [0, 0.1) is 18.8 Å². The van der Waals surface area contributed by atoms with E-state index in [0.29, 0.717) is 44.8 Å². The van der Waals surface area contributed by atoms with Crippen LogP contribution in [0.15, 0.2) is 77.9 Å². The second kappa shape index (κ2) is 11.2. The molecule has 0 unspecified atom stereocenters. The zero-order valence-electron chi connectivity index (χ0n) is 22.2. The van der Waals surface area contributed by atoms with E-state index in [4.69, 9.17) is 4.98 Å². The van der Waals surface area contributed by atoms with Crippen molar-refractivity contribution in [1.82, 2.24) is 30.2 Å². The number of amides is 2. The Morgan fingerprint density at radius 3 is 2.60 bits per heavy atom. The lowest BCUT2D eigenvalue weighted by Gasteiger charge is -2.20. The van der Waals surface area contributed by atoms with Crippen molar-refractivity contribution < 1.29 is 9.59 Å². The standard InChI is InChI=1S/C31H26N6O3/c1-19-26(28-23(18-34-19)12-9-17-33-28)30(39)35-20(2)29-36-25-15-7-10-22(11-8-16-32-21(3)38)27(25)31(40)37(29)24-13-5-4-6-14-24/h4-7,9-10,12-15,17-18,20H,16H2,1-3H3,(H,32,38)(H,35,39)/t20-/m0/s1. The van der Waals surface area contributed by atoms with Crippen LogP contribution in [-0.2, 0) is 4.79 Å². The van der Waals surface area contributed by atoms with Crippen LogP contribution in [0.1, 0.15) is 47.3 Å². The summed E-state index contributed by atoms with van der Waals surface area (Å²) in [7, 11) is 0. The van der Waals surface area contributed by atoms with Gasteiger partial charge >= 0.3 is 0 Å². The van der Waals surface area contributed by atoms with Crippen LogP contribution in [0.2, 0.25) is 0 Å². The van der Waals surface area contributed by atoms with E-state index >= 15 is 0 Å². The molecule has 5 rings (SSSR count). The molecule has 0 spiro atoms. The first-order chi connectivity index (χ1) is 19.3. The van der Waals surface area contributed by atoms with Crippen LogP contribution in [0.3, 0.4) is 0 Å². The Balaban J connectivity index is 1.62. The molecule has 0 aliphatic heterocycles. The molecule has 0 aliphatic carbocycles. The van der Waals surface area contributed by atoms with Crippen LogP contribution >= 0.6 is 0 Å². The smallest absolute Gasteiger partial charge is 0.267 e. The van der Waals surface area contributed by atoms with Gasteiger partial charge in [-0.1, -0.05) is 36.1 Å². The number of nitrogens with zero attached hydrogens (tertiary/aromatic N) is 4. The number of aryl methyl sites for hydroxylation is 1. The Hall–Kier alpha value is -5.36. The maximum absolute atomic E-state index is 14.1. The van der Waals surface area contributed by atoms with Crippen LogP contribution in [0.25, 0.3) is 27.5 Å². The van der Waals surface area contributed by atoms with Crippen molar-refractivity contribution >= 4 is 33.6 Å². The maximum atomic E-state index is 14.1. The molecule has 198 valence electrons. The lowest BCUT2D eigenvalue weighted by molar-refractivity contribution is -0.118. The van der Waals surface area contributed by atoms with Crippen molar-refractivity contribution in [1.29, 1.82) is 0 Å². The summed E-state index contributed by atoms with van der Waals surface area (Å²) in [5.41, 5.74) is 2.70. The fourth-order valence-electron chi connectivity index (χ4n) is 4.51. The summed E-state index contributed by atoms with van der Waals surface area (Å²) in [6.45, 7) is 5.11. The summed E-state index contributed by atoms with van der Waals surface area (Å²) in [4.78, 5) is 52.4. The van der Waals surface area contributed by atoms with Gasteiger partial charge in [0.1, 0.15) is 5.82 Å². The number of pyridine rings is 2. The van der Waals surface area contributed by atoms with E-state index in [-0.39, 0.29) is 23.9 Å². The van der Waals surface area contributed by atoms with Gasteiger partial charge in [-0.2, -0.15) is 0 Å². The number of carbonyl (C=O) groups excluding carboxylic acids is 2. The van der Waals surface area contributed by atoms with Crippen molar-refractivity contribution in [3.8, 4) is 17.5 Å². The number of hydrogen-bond acceptors (Lipinski definition) is 6. The molecule has 3 heterocycles. The van der Waals surface area contributed by atoms with E-state index in [9.17, 15) is 14.4 Å². The molecule has 0 radical (unpaired) electrons. The molecule has 0 aliphatic rings. The third-order valence-corrected chi connectivity index (χ3v) is 6.38. The summed E-state index contributed by atoms with van der Waals surface area (Å²) in [6.07, 6.45) is 3.32. The Morgan fingerprint density at radius 2 is 1.82 bits per heavy atom. The molecule has 5 aromatic rings. The van der Waals surface area contributed by atoms with Gasteiger partial charge in [0.15, 0.2) is 0 Å². The molecule has 0 bridgehead atoms. The minimum absolute atomic E-state index is 0.157. The highest BCUT2D eigenvalue weighted by molar-refractivity contribution is 6.06. The first-order valence-electron chi connectivity index (χ1n) is 12.7. The monoisotopic (exact) mass is 530 g/mol. The maximum Gasteiger partial charge on any atom is 0.267 e. The number of benzene rings is 2. The summed E-state index contributed by atoms with van der Waals surface area (Å²) in [5.74, 6) is 5.68. The van der Waals surface area contributed by atoms with Gasteiger partial charge in [0.25, 0.3) is 11.5 Å². The average Bonchev–Trinajstić information content (AvgIpc) is 2.95. The van der Waals surface area contributed by atoms with Crippen molar-refractivity contribution in [3.05, 3.63) is 106 Å².